The van der Waals surface area contributed by atoms with Gasteiger partial charge in [-0.3, -0.25) is 4.68 Å². The number of nitrogens with zero attached hydrogens (tertiary/aromatic N) is 6. The number of hydrogen-bond donors (Lipinski definition) is 1. The Kier molecular flexibility index (Phi) is 3.48. The van der Waals surface area contributed by atoms with E-state index in [0.29, 0.717) is 12.2 Å². The highest BCUT2D eigenvalue weighted by Crippen LogP contribution is 2.15. The molecule has 0 spiro atoms. The maximum absolute atomic E-state index is 9.99. The van der Waals surface area contributed by atoms with Crippen LogP contribution in [0.4, 0.5) is 0 Å². The minimum Gasteiger partial charge on any atom is -0.388 e. The van der Waals surface area contributed by atoms with Crippen molar-refractivity contribution in [1.29, 1.82) is 0 Å². The van der Waals surface area contributed by atoms with Crippen LogP contribution < -0.4 is 0 Å². The van der Waals surface area contributed by atoms with Crippen molar-refractivity contribution in [2.24, 2.45) is 7.05 Å². The lowest BCUT2D eigenvalue weighted by Crippen LogP contribution is -2.03. The molecule has 92 valence electrons. The van der Waals surface area contributed by atoms with E-state index in [9.17, 15) is 5.11 Å². The molecule has 0 amide bonds. The normalized spacial score (nSPS) is 12.9. The molecule has 2 heterocycles. The number of tetrazole rings is 1. The standard InChI is InChI=1S/C10H16N6O/c1-3-4-16-7-8(6-11-16)9(17)5-10-12-14-15(2)13-10/h6-7,9,17H,3-5H2,1-2H3. The van der Waals surface area contributed by atoms with E-state index >= 15 is 0 Å². The SMILES string of the molecule is CCCn1cc(C(O)Cc2nnn(C)n2)cn1. The van der Waals surface area contributed by atoms with Gasteiger partial charge in [-0.15, -0.1) is 10.2 Å². The first-order valence-corrected chi connectivity index (χ1v) is 5.62. The summed E-state index contributed by atoms with van der Waals surface area (Å²) in [7, 11) is 1.70. The Morgan fingerprint density at radius 3 is 2.94 bits per heavy atom. The predicted octanol–water partition coefficient (Wildman–Crippen LogP) is 0.0927. The Morgan fingerprint density at radius 1 is 1.47 bits per heavy atom. The topological polar surface area (TPSA) is 81.6 Å². The van der Waals surface area contributed by atoms with Gasteiger partial charge in [-0.2, -0.15) is 9.90 Å². The fraction of sp³-hybridized carbons (Fsp3) is 0.600. The van der Waals surface area contributed by atoms with Crippen molar-refractivity contribution in [2.75, 3.05) is 0 Å². The molecule has 0 saturated carbocycles. The van der Waals surface area contributed by atoms with Gasteiger partial charge in [-0.1, -0.05) is 6.92 Å². The monoisotopic (exact) mass is 236 g/mol. The fourth-order valence-electron chi connectivity index (χ4n) is 1.60. The highest BCUT2D eigenvalue weighted by Gasteiger charge is 2.13. The van der Waals surface area contributed by atoms with Crippen LogP contribution in [0.5, 0.6) is 0 Å². The Labute approximate surface area is 99.1 Å². The van der Waals surface area contributed by atoms with Crippen molar-refractivity contribution >= 4 is 0 Å². The first-order valence-electron chi connectivity index (χ1n) is 5.62. The lowest BCUT2D eigenvalue weighted by Gasteiger charge is -2.04. The van der Waals surface area contributed by atoms with Crippen LogP contribution >= 0.6 is 0 Å². The molecule has 0 radical (unpaired) electrons. The minimum atomic E-state index is -0.634. The largest absolute Gasteiger partial charge is 0.388 e. The minimum absolute atomic E-state index is 0.353. The molecule has 0 saturated heterocycles. The zero-order valence-electron chi connectivity index (χ0n) is 9.98. The van der Waals surface area contributed by atoms with Crippen molar-refractivity contribution in [1.82, 2.24) is 30.0 Å². The predicted molar refractivity (Wildman–Crippen MR) is 60.0 cm³/mol. The number of aliphatic hydroxyl groups excluding tert-OH is 1. The lowest BCUT2D eigenvalue weighted by molar-refractivity contribution is 0.175. The van der Waals surface area contributed by atoms with E-state index in [1.54, 1.807) is 13.2 Å². The first kappa shape index (κ1) is 11.7. The molecule has 0 aliphatic heterocycles. The molecule has 7 nitrogen and oxygen atoms in total. The van der Waals surface area contributed by atoms with Crippen molar-refractivity contribution in [3.05, 3.63) is 23.8 Å². The molecule has 1 atom stereocenters. The van der Waals surface area contributed by atoms with Crippen LogP contribution in [0.3, 0.4) is 0 Å². The molecule has 7 heteroatoms. The van der Waals surface area contributed by atoms with Gasteiger partial charge in [0.05, 0.1) is 19.3 Å². The zero-order chi connectivity index (χ0) is 12.3. The van der Waals surface area contributed by atoms with Crippen molar-refractivity contribution < 1.29 is 5.11 Å². The summed E-state index contributed by atoms with van der Waals surface area (Å²) in [5.74, 6) is 0.531. The Balaban J connectivity index is 2.01. The summed E-state index contributed by atoms with van der Waals surface area (Å²) < 4.78 is 1.82. The Morgan fingerprint density at radius 2 is 2.29 bits per heavy atom. The van der Waals surface area contributed by atoms with Crippen molar-refractivity contribution in [3.8, 4) is 0 Å². The second kappa shape index (κ2) is 5.05. The van der Waals surface area contributed by atoms with Gasteiger partial charge in [0.1, 0.15) is 0 Å². The summed E-state index contributed by atoms with van der Waals surface area (Å²) in [4.78, 5) is 1.38. The molecule has 17 heavy (non-hydrogen) atoms. The van der Waals surface area contributed by atoms with Crippen LogP contribution in [0.25, 0.3) is 0 Å². The molecule has 0 fully saturated rings. The third-order valence-electron chi connectivity index (χ3n) is 2.42. The highest BCUT2D eigenvalue weighted by atomic mass is 16.3. The van der Waals surface area contributed by atoms with Gasteiger partial charge in [0.2, 0.25) is 0 Å². The van der Waals surface area contributed by atoms with E-state index in [4.69, 9.17) is 0 Å². The summed E-state index contributed by atoms with van der Waals surface area (Å²) in [5.41, 5.74) is 0.783. The van der Waals surface area contributed by atoms with Crippen LogP contribution in [0.2, 0.25) is 0 Å². The molecule has 2 aromatic rings. The third kappa shape index (κ3) is 2.88. The van der Waals surface area contributed by atoms with Crippen molar-refractivity contribution in [3.63, 3.8) is 0 Å². The van der Waals surface area contributed by atoms with Crippen molar-refractivity contribution in [2.45, 2.75) is 32.4 Å². The average Bonchev–Trinajstić information content (AvgIpc) is 2.88. The molecule has 0 bridgehead atoms. The number of hydrogen-bond acceptors (Lipinski definition) is 5. The van der Waals surface area contributed by atoms with Crippen LogP contribution in [0.1, 0.15) is 30.8 Å². The van der Waals surface area contributed by atoms with Gasteiger partial charge in [0.15, 0.2) is 5.82 Å². The lowest BCUT2D eigenvalue weighted by atomic mass is 10.1. The summed E-state index contributed by atoms with van der Waals surface area (Å²) in [6, 6.07) is 0. The summed E-state index contributed by atoms with van der Waals surface area (Å²) in [5, 5.41) is 25.8. The molecular weight excluding hydrogens is 220 g/mol. The number of rotatable bonds is 5. The van der Waals surface area contributed by atoms with E-state index < -0.39 is 6.10 Å². The Bertz CT molecular complexity index is 477. The van der Waals surface area contributed by atoms with Gasteiger partial charge in [0.25, 0.3) is 0 Å². The third-order valence-corrected chi connectivity index (χ3v) is 2.42. The highest BCUT2D eigenvalue weighted by molar-refractivity contribution is 5.09. The quantitative estimate of drug-likeness (QED) is 0.795. The van der Waals surface area contributed by atoms with E-state index in [1.165, 1.54) is 4.80 Å². The van der Waals surface area contributed by atoms with Crippen LogP contribution in [0, 0.1) is 0 Å². The number of aryl methyl sites for hydroxylation is 2. The molecule has 1 unspecified atom stereocenters. The molecule has 0 aliphatic rings. The van der Waals surface area contributed by atoms with Gasteiger partial charge in [-0.25, -0.2) is 0 Å². The van der Waals surface area contributed by atoms with Gasteiger partial charge >= 0.3 is 0 Å². The van der Waals surface area contributed by atoms with Gasteiger partial charge in [0, 0.05) is 24.7 Å². The maximum atomic E-state index is 9.99. The van der Waals surface area contributed by atoms with Gasteiger partial charge < -0.3 is 5.11 Å². The zero-order valence-corrected chi connectivity index (χ0v) is 9.98. The van der Waals surface area contributed by atoms with Crippen LogP contribution in [-0.4, -0.2) is 35.1 Å². The Hall–Kier alpha value is -1.76. The number of aromatic nitrogens is 6. The van der Waals surface area contributed by atoms with Crippen LogP contribution in [0.15, 0.2) is 12.4 Å². The molecule has 1 N–H and O–H groups in total. The second-order valence-electron chi connectivity index (χ2n) is 3.95. The van der Waals surface area contributed by atoms with Gasteiger partial charge in [-0.05, 0) is 11.6 Å². The fourth-order valence-corrected chi connectivity index (χ4v) is 1.60. The molecule has 2 rings (SSSR count). The van der Waals surface area contributed by atoms with E-state index in [-0.39, 0.29) is 0 Å². The molecule has 2 aromatic heterocycles. The van der Waals surface area contributed by atoms with E-state index in [1.807, 2.05) is 10.9 Å². The van der Waals surface area contributed by atoms with E-state index in [2.05, 4.69) is 27.4 Å². The summed E-state index contributed by atoms with van der Waals surface area (Å²) >= 11 is 0. The number of aliphatic hydroxyl groups is 1. The first-order chi connectivity index (χ1) is 8.19. The summed E-state index contributed by atoms with van der Waals surface area (Å²) in [6.07, 6.45) is 4.26. The molecular formula is C10H16N6O. The smallest absolute Gasteiger partial charge is 0.177 e. The maximum Gasteiger partial charge on any atom is 0.177 e. The summed E-state index contributed by atoms with van der Waals surface area (Å²) in [6.45, 7) is 2.94. The second-order valence-corrected chi connectivity index (χ2v) is 3.95. The molecule has 0 aliphatic carbocycles. The van der Waals surface area contributed by atoms with Crippen LogP contribution in [-0.2, 0) is 20.0 Å². The van der Waals surface area contributed by atoms with E-state index in [0.717, 1.165) is 18.5 Å². The molecule has 0 aromatic carbocycles. The average molecular weight is 236 g/mol.